The summed E-state index contributed by atoms with van der Waals surface area (Å²) in [6, 6.07) is 5.23. The van der Waals surface area contributed by atoms with Crippen molar-refractivity contribution in [1.29, 1.82) is 0 Å². The fourth-order valence-corrected chi connectivity index (χ4v) is 1.95. The van der Waals surface area contributed by atoms with E-state index in [4.69, 9.17) is 4.74 Å². The third-order valence-electron chi connectivity index (χ3n) is 3.26. The van der Waals surface area contributed by atoms with E-state index in [1.807, 2.05) is 13.0 Å². The molecule has 1 aromatic carbocycles. The van der Waals surface area contributed by atoms with Crippen LogP contribution in [0.4, 0.5) is 4.39 Å². The molecular formula is C17H28FNO. The first-order chi connectivity index (χ1) is 9.35. The van der Waals surface area contributed by atoms with E-state index in [1.165, 1.54) is 6.07 Å². The molecule has 1 atom stereocenters. The predicted molar refractivity (Wildman–Crippen MR) is 82.7 cm³/mol. The van der Waals surface area contributed by atoms with Crippen LogP contribution in [0.2, 0.25) is 0 Å². The zero-order chi connectivity index (χ0) is 15.2. The van der Waals surface area contributed by atoms with Crippen LogP contribution in [-0.2, 0) is 0 Å². The Balaban J connectivity index is 2.77. The Labute approximate surface area is 122 Å². The van der Waals surface area contributed by atoms with Crippen LogP contribution in [0.3, 0.4) is 0 Å². The van der Waals surface area contributed by atoms with Gasteiger partial charge in [0.15, 0.2) is 11.6 Å². The topological polar surface area (TPSA) is 21.3 Å². The summed E-state index contributed by atoms with van der Waals surface area (Å²) in [7, 11) is 0. The van der Waals surface area contributed by atoms with Crippen LogP contribution >= 0.6 is 0 Å². The van der Waals surface area contributed by atoms with Crippen LogP contribution in [0, 0.1) is 11.2 Å². The maximum Gasteiger partial charge on any atom is 0.165 e. The molecule has 0 heterocycles. The molecule has 0 bridgehead atoms. The largest absolute Gasteiger partial charge is 0.490 e. The molecular weight excluding hydrogens is 253 g/mol. The summed E-state index contributed by atoms with van der Waals surface area (Å²) in [4.78, 5) is 0. The summed E-state index contributed by atoms with van der Waals surface area (Å²) in [5.74, 6) is 0.120. The van der Waals surface area contributed by atoms with Crippen LogP contribution in [0.25, 0.3) is 0 Å². The van der Waals surface area contributed by atoms with Crippen molar-refractivity contribution in [2.45, 2.75) is 53.5 Å². The standard InChI is InChI=1S/C17H28FNO/c1-6-11-19-13(2)14-8-7-9-15(18)16(14)20-12-10-17(3,4)5/h7-9,13,19H,6,10-12H2,1-5H3. The maximum atomic E-state index is 14.0. The fourth-order valence-electron chi connectivity index (χ4n) is 1.95. The van der Waals surface area contributed by atoms with Gasteiger partial charge in [-0.3, -0.25) is 0 Å². The van der Waals surface area contributed by atoms with Gasteiger partial charge in [0.1, 0.15) is 0 Å². The molecule has 1 rings (SSSR count). The van der Waals surface area contributed by atoms with Crippen molar-refractivity contribution >= 4 is 0 Å². The molecule has 0 radical (unpaired) electrons. The van der Waals surface area contributed by atoms with Crippen LogP contribution in [-0.4, -0.2) is 13.2 Å². The Morgan fingerprint density at radius 2 is 2.00 bits per heavy atom. The second kappa shape index (κ2) is 7.63. The summed E-state index contributed by atoms with van der Waals surface area (Å²) in [5.41, 5.74) is 1.09. The number of hydrogen-bond acceptors (Lipinski definition) is 2. The number of nitrogens with one attached hydrogen (secondary N) is 1. The quantitative estimate of drug-likeness (QED) is 0.782. The molecule has 0 aliphatic heterocycles. The van der Waals surface area contributed by atoms with Crippen molar-refractivity contribution in [3.63, 3.8) is 0 Å². The van der Waals surface area contributed by atoms with Crippen molar-refractivity contribution in [1.82, 2.24) is 5.32 Å². The highest BCUT2D eigenvalue weighted by Crippen LogP contribution is 2.29. The summed E-state index contributed by atoms with van der Waals surface area (Å²) in [6.45, 7) is 12.1. The average molecular weight is 281 g/mol. The third-order valence-corrected chi connectivity index (χ3v) is 3.26. The summed E-state index contributed by atoms with van der Waals surface area (Å²) in [6.07, 6.45) is 1.96. The minimum Gasteiger partial charge on any atom is -0.490 e. The lowest BCUT2D eigenvalue weighted by molar-refractivity contribution is 0.232. The van der Waals surface area contributed by atoms with Crippen molar-refractivity contribution in [3.8, 4) is 5.75 Å². The van der Waals surface area contributed by atoms with Gasteiger partial charge in [-0.05, 0) is 37.8 Å². The molecule has 0 saturated carbocycles. The lowest BCUT2D eigenvalue weighted by atomic mass is 9.93. The Bertz CT molecular complexity index is 412. The number of ether oxygens (including phenoxy) is 1. The van der Waals surface area contributed by atoms with Gasteiger partial charge in [-0.25, -0.2) is 4.39 Å². The van der Waals surface area contributed by atoms with Gasteiger partial charge in [-0.2, -0.15) is 0 Å². The molecule has 0 aromatic heterocycles. The van der Waals surface area contributed by atoms with Crippen LogP contribution in [0.1, 0.15) is 59.1 Å². The second-order valence-electron chi connectivity index (χ2n) is 6.49. The molecule has 20 heavy (non-hydrogen) atoms. The number of para-hydroxylation sites is 1. The zero-order valence-corrected chi connectivity index (χ0v) is 13.4. The normalized spacial score (nSPS) is 13.3. The highest BCUT2D eigenvalue weighted by molar-refractivity contribution is 5.37. The van der Waals surface area contributed by atoms with Gasteiger partial charge in [-0.1, -0.05) is 39.8 Å². The lowest BCUT2D eigenvalue weighted by Gasteiger charge is -2.21. The maximum absolute atomic E-state index is 14.0. The van der Waals surface area contributed by atoms with E-state index in [1.54, 1.807) is 6.07 Å². The first-order valence-corrected chi connectivity index (χ1v) is 7.49. The highest BCUT2D eigenvalue weighted by atomic mass is 19.1. The minimum atomic E-state index is -0.276. The second-order valence-corrected chi connectivity index (χ2v) is 6.49. The smallest absolute Gasteiger partial charge is 0.165 e. The Hall–Kier alpha value is -1.09. The van der Waals surface area contributed by atoms with Gasteiger partial charge in [-0.15, -0.1) is 0 Å². The fraction of sp³-hybridized carbons (Fsp3) is 0.647. The first kappa shape index (κ1) is 17.0. The van der Waals surface area contributed by atoms with E-state index in [9.17, 15) is 4.39 Å². The number of hydrogen-bond donors (Lipinski definition) is 1. The number of benzene rings is 1. The van der Waals surface area contributed by atoms with Crippen LogP contribution < -0.4 is 10.1 Å². The van der Waals surface area contributed by atoms with Gasteiger partial charge in [0, 0.05) is 11.6 Å². The molecule has 0 saturated heterocycles. The monoisotopic (exact) mass is 281 g/mol. The summed E-state index contributed by atoms with van der Waals surface area (Å²) in [5, 5.41) is 3.38. The van der Waals surface area contributed by atoms with E-state index >= 15 is 0 Å². The zero-order valence-electron chi connectivity index (χ0n) is 13.4. The van der Waals surface area contributed by atoms with E-state index in [0.29, 0.717) is 12.4 Å². The molecule has 2 nitrogen and oxygen atoms in total. The summed E-state index contributed by atoms with van der Waals surface area (Å²) < 4.78 is 19.7. The molecule has 0 aliphatic carbocycles. The van der Waals surface area contributed by atoms with Gasteiger partial charge >= 0.3 is 0 Å². The van der Waals surface area contributed by atoms with Gasteiger partial charge in [0.2, 0.25) is 0 Å². The van der Waals surface area contributed by atoms with Gasteiger partial charge in [0.05, 0.1) is 6.61 Å². The van der Waals surface area contributed by atoms with E-state index in [-0.39, 0.29) is 17.3 Å². The molecule has 0 amide bonds. The van der Waals surface area contributed by atoms with Crippen molar-refractivity contribution in [2.24, 2.45) is 5.41 Å². The van der Waals surface area contributed by atoms with Crippen LogP contribution in [0.5, 0.6) is 5.75 Å². The Morgan fingerprint density at radius 3 is 2.60 bits per heavy atom. The molecule has 0 fully saturated rings. The molecule has 0 spiro atoms. The highest BCUT2D eigenvalue weighted by Gasteiger charge is 2.16. The molecule has 0 aliphatic rings. The average Bonchev–Trinajstić information content (AvgIpc) is 2.36. The molecule has 1 aromatic rings. The predicted octanol–water partition coefficient (Wildman–Crippen LogP) is 4.70. The van der Waals surface area contributed by atoms with Crippen molar-refractivity contribution < 1.29 is 9.13 Å². The van der Waals surface area contributed by atoms with Crippen molar-refractivity contribution in [3.05, 3.63) is 29.6 Å². The number of rotatable bonds is 7. The lowest BCUT2D eigenvalue weighted by Crippen LogP contribution is -2.21. The number of halogens is 1. The van der Waals surface area contributed by atoms with E-state index in [0.717, 1.165) is 24.9 Å². The van der Waals surface area contributed by atoms with E-state index < -0.39 is 0 Å². The molecule has 3 heteroatoms. The molecule has 1 unspecified atom stereocenters. The third kappa shape index (κ3) is 5.49. The summed E-state index contributed by atoms with van der Waals surface area (Å²) >= 11 is 0. The minimum absolute atomic E-state index is 0.0929. The molecule has 1 N–H and O–H groups in total. The molecule has 114 valence electrons. The SMILES string of the molecule is CCCNC(C)c1cccc(F)c1OCCC(C)(C)C. The Kier molecular flexibility index (Phi) is 6.47. The van der Waals surface area contributed by atoms with E-state index in [2.05, 4.69) is 33.0 Å². The van der Waals surface area contributed by atoms with Gasteiger partial charge < -0.3 is 10.1 Å². The Morgan fingerprint density at radius 1 is 1.30 bits per heavy atom. The van der Waals surface area contributed by atoms with Crippen LogP contribution in [0.15, 0.2) is 18.2 Å². The van der Waals surface area contributed by atoms with Gasteiger partial charge in [0.25, 0.3) is 0 Å². The van der Waals surface area contributed by atoms with Crippen molar-refractivity contribution in [2.75, 3.05) is 13.2 Å². The first-order valence-electron chi connectivity index (χ1n) is 7.49.